The lowest BCUT2D eigenvalue weighted by atomic mass is 9.59. The van der Waals surface area contributed by atoms with E-state index in [9.17, 15) is 0 Å². The van der Waals surface area contributed by atoms with Crippen molar-refractivity contribution in [3.05, 3.63) is 0 Å². The van der Waals surface area contributed by atoms with Crippen LogP contribution in [-0.2, 0) is 0 Å². The van der Waals surface area contributed by atoms with Gasteiger partial charge in [0.2, 0.25) is 0 Å². The molecule has 4 aliphatic carbocycles. The Morgan fingerprint density at radius 2 is 0.909 bits per heavy atom. The Balaban J connectivity index is 1.34. The maximum Gasteiger partial charge on any atom is -0.0383 e. The van der Waals surface area contributed by atoms with Crippen LogP contribution in [0, 0.1) is 41.4 Å². The van der Waals surface area contributed by atoms with Crippen LogP contribution in [0.2, 0.25) is 0 Å². The zero-order valence-corrected chi connectivity index (χ0v) is 14.9. The topological polar surface area (TPSA) is 0 Å². The second kappa shape index (κ2) is 6.86. The monoisotopic (exact) mass is 302 g/mol. The number of hydrogen-bond acceptors (Lipinski definition) is 0. The lowest BCUT2D eigenvalue weighted by molar-refractivity contribution is 0.0451. The first-order chi connectivity index (χ1) is 10.8. The van der Waals surface area contributed by atoms with Gasteiger partial charge in [0.25, 0.3) is 0 Å². The molecule has 0 saturated heterocycles. The van der Waals surface area contributed by atoms with Gasteiger partial charge in [-0.15, -0.1) is 0 Å². The van der Waals surface area contributed by atoms with Gasteiger partial charge in [-0.2, -0.15) is 0 Å². The summed E-state index contributed by atoms with van der Waals surface area (Å²) in [5.41, 5.74) is 0. The van der Waals surface area contributed by atoms with Crippen molar-refractivity contribution in [1.29, 1.82) is 0 Å². The first-order valence-corrected chi connectivity index (χ1v) is 10.8. The van der Waals surface area contributed by atoms with Gasteiger partial charge in [-0.05, 0) is 80.0 Å². The summed E-state index contributed by atoms with van der Waals surface area (Å²) >= 11 is 0. The van der Waals surface area contributed by atoms with E-state index in [-0.39, 0.29) is 0 Å². The summed E-state index contributed by atoms with van der Waals surface area (Å²) in [6.07, 6.45) is 22.0. The highest BCUT2D eigenvalue weighted by atomic mass is 14.4. The summed E-state index contributed by atoms with van der Waals surface area (Å²) in [6.45, 7) is 2.65. The van der Waals surface area contributed by atoms with Gasteiger partial charge in [-0.3, -0.25) is 0 Å². The molecule has 6 unspecified atom stereocenters. The molecule has 0 heterocycles. The van der Waals surface area contributed by atoms with Crippen LogP contribution in [0.15, 0.2) is 0 Å². The Labute approximate surface area is 138 Å². The fraction of sp³-hybridized carbons (Fsp3) is 1.00. The Morgan fingerprint density at radius 3 is 1.36 bits per heavy atom. The van der Waals surface area contributed by atoms with Crippen LogP contribution in [0.25, 0.3) is 0 Å². The van der Waals surface area contributed by atoms with E-state index < -0.39 is 0 Å². The second-order valence-corrected chi connectivity index (χ2v) is 9.61. The Kier molecular flexibility index (Phi) is 4.84. The molecule has 4 fully saturated rings. The fourth-order valence-corrected chi connectivity index (χ4v) is 7.16. The molecule has 22 heavy (non-hydrogen) atoms. The van der Waals surface area contributed by atoms with E-state index in [1.165, 1.54) is 25.7 Å². The molecule has 0 amide bonds. The minimum absolute atomic E-state index is 1.03. The SMILES string of the molecule is CC(C1CCC2CCCCC2C1)C1CCC2CCCCC2C1. The summed E-state index contributed by atoms with van der Waals surface area (Å²) in [5.74, 6) is 7.72. The molecule has 0 spiro atoms. The fourth-order valence-electron chi connectivity index (χ4n) is 7.16. The third-order valence-electron chi connectivity index (χ3n) is 8.65. The molecular weight excluding hydrogens is 264 g/mol. The highest BCUT2D eigenvalue weighted by Crippen LogP contribution is 2.50. The van der Waals surface area contributed by atoms with Crippen LogP contribution >= 0.6 is 0 Å². The lowest BCUT2D eigenvalue weighted by Crippen LogP contribution is -2.36. The Bertz CT molecular complexity index is 325. The van der Waals surface area contributed by atoms with Gasteiger partial charge in [0.15, 0.2) is 0 Å². The van der Waals surface area contributed by atoms with Crippen LogP contribution in [-0.4, -0.2) is 0 Å². The molecule has 0 bridgehead atoms. The van der Waals surface area contributed by atoms with Crippen LogP contribution in [0.3, 0.4) is 0 Å². The summed E-state index contributed by atoms with van der Waals surface area (Å²) in [5, 5.41) is 0. The zero-order valence-electron chi connectivity index (χ0n) is 14.9. The summed E-state index contributed by atoms with van der Waals surface area (Å²) in [4.78, 5) is 0. The lowest BCUT2D eigenvalue weighted by Gasteiger charge is -2.46. The molecule has 0 aromatic carbocycles. The highest BCUT2D eigenvalue weighted by molar-refractivity contribution is 4.90. The quantitative estimate of drug-likeness (QED) is 0.524. The average molecular weight is 303 g/mol. The van der Waals surface area contributed by atoms with Gasteiger partial charge in [-0.25, -0.2) is 0 Å². The van der Waals surface area contributed by atoms with Gasteiger partial charge in [-0.1, -0.05) is 58.3 Å². The summed E-state index contributed by atoms with van der Waals surface area (Å²) < 4.78 is 0. The van der Waals surface area contributed by atoms with E-state index in [1.807, 2.05) is 0 Å². The predicted molar refractivity (Wildman–Crippen MR) is 94.7 cm³/mol. The first kappa shape index (κ1) is 15.5. The number of fused-ring (bicyclic) bond motifs is 2. The van der Waals surface area contributed by atoms with Crippen LogP contribution in [0.5, 0.6) is 0 Å². The third kappa shape index (κ3) is 3.13. The van der Waals surface area contributed by atoms with Crippen molar-refractivity contribution < 1.29 is 0 Å². The van der Waals surface area contributed by atoms with Crippen molar-refractivity contribution in [1.82, 2.24) is 0 Å². The van der Waals surface area contributed by atoms with Crippen molar-refractivity contribution in [2.45, 2.75) is 96.8 Å². The molecule has 0 aromatic rings. The van der Waals surface area contributed by atoms with E-state index >= 15 is 0 Å². The minimum Gasteiger partial charge on any atom is -0.0620 e. The van der Waals surface area contributed by atoms with Crippen molar-refractivity contribution in [2.75, 3.05) is 0 Å². The van der Waals surface area contributed by atoms with Crippen molar-refractivity contribution in [3.8, 4) is 0 Å². The Hall–Kier alpha value is 0. The van der Waals surface area contributed by atoms with Gasteiger partial charge in [0.1, 0.15) is 0 Å². The zero-order chi connectivity index (χ0) is 14.9. The molecule has 4 saturated carbocycles. The van der Waals surface area contributed by atoms with Crippen LogP contribution < -0.4 is 0 Å². The molecule has 126 valence electrons. The molecule has 4 aliphatic rings. The number of rotatable bonds is 2. The van der Waals surface area contributed by atoms with Crippen LogP contribution in [0.1, 0.15) is 96.8 Å². The largest absolute Gasteiger partial charge is 0.0620 e. The molecule has 0 aliphatic heterocycles. The van der Waals surface area contributed by atoms with Crippen LogP contribution in [0.4, 0.5) is 0 Å². The minimum atomic E-state index is 1.03. The molecule has 0 heteroatoms. The molecule has 4 rings (SSSR count). The second-order valence-electron chi connectivity index (χ2n) is 9.61. The van der Waals surface area contributed by atoms with E-state index in [0.717, 1.165) is 41.4 Å². The van der Waals surface area contributed by atoms with Crippen molar-refractivity contribution in [3.63, 3.8) is 0 Å². The average Bonchev–Trinajstić information content (AvgIpc) is 2.60. The van der Waals surface area contributed by atoms with E-state index in [2.05, 4.69) is 6.92 Å². The van der Waals surface area contributed by atoms with Gasteiger partial charge in [0, 0.05) is 0 Å². The standard InChI is InChI=1S/C22H38/c1-16(19-12-10-17-6-2-4-8-21(17)14-19)20-13-11-18-7-3-5-9-22(18)15-20/h16-22H,2-15H2,1H3. The van der Waals surface area contributed by atoms with Crippen molar-refractivity contribution >= 4 is 0 Å². The maximum atomic E-state index is 2.65. The van der Waals surface area contributed by atoms with Gasteiger partial charge >= 0.3 is 0 Å². The normalized spacial score (nSPS) is 47.3. The maximum absolute atomic E-state index is 2.65. The van der Waals surface area contributed by atoms with E-state index in [4.69, 9.17) is 0 Å². The first-order valence-electron chi connectivity index (χ1n) is 10.8. The molecule has 6 atom stereocenters. The van der Waals surface area contributed by atoms with Gasteiger partial charge in [0.05, 0.1) is 0 Å². The molecule has 0 N–H and O–H groups in total. The smallest absolute Gasteiger partial charge is 0.0383 e. The van der Waals surface area contributed by atoms with Crippen molar-refractivity contribution in [2.24, 2.45) is 41.4 Å². The Morgan fingerprint density at radius 1 is 0.500 bits per heavy atom. The predicted octanol–water partition coefficient (Wildman–Crippen LogP) is 6.84. The summed E-state index contributed by atoms with van der Waals surface area (Å²) in [7, 11) is 0. The highest BCUT2D eigenvalue weighted by Gasteiger charge is 2.39. The van der Waals surface area contributed by atoms with Gasteiger partial charge < -0.3 is 0 Å². The molecule has 0 aromatic heterocycles. The molecule has 0 nitrogen and oxygen atoms in total. The molecule has 0 radical (unpaired) electrons. The summed E-state index contributed by atoms with van der Waals surface area (Å²) in [6, 6.07) is 0. The molecular formula is C22H38. The third-order valence-corrected chi connectivity index (χ3v) is 8.65. The number of hydrogen-bond donors (Lipinski definition) is 0. The van der Waals surface area contributed by atoms with E-state index in [1.54, 1.807) is 64.2 Å². The van der Waals surface area contributed by atoms with E-state index in [0.29, 0.717) is 0 Å².